The fourth-order valence-corrected chi connectivity index (χ4v) is 1.96. The number of hydrogen-bond acceptors (Lipinski definition) is 4. The Balaban J connectivity index is 2.26. The summed E-state index contributed by atoms with van der Waals surface area (Å²) < 4.78 is 40.1. The third kappa shape index (κ3) is 5.66. The maximum Gasteiger partial charge on any atom is 0.173 e. The predicted molar refractivity (Wildman–Crippen MR) is 69.5 cm³/mol. The molecule has 0 amide bonds. The number of para-hydroxylation sites is 1. The number of nitrogens with one attached hydrogen (secondary N) is 1. The summed E-state index contributed by atoms with van der Waals surface area (Å²) in [5, 5.41) is 3.10. The molecule has 7 heteroatoms. The van der Waals surface area contributed by atoms with Crippen molar-refractivity contribution < 1.29 is 17.5 Å². The van der Waals surface area contributed by atoms with Crippen molar-refractivity contribution in [1.29, 1.82) is 0 Å². The zero-order valence-electron chi connectivity index (χ0n) is 9.95. The Hall–Kier alpha value is -0.850. The summed E-state index contributed by atoms with van der Waals surface area (Å²) >= 11 is 5.76. The van der Waals surface area contributed by atoms with Crippen LogP contribution in [0.4, 0.5) is 4.39 Å². The number of benzene rings is 1. The van der Waals surface area contributed by atoms with Gasteiger partial charge in [0, 0.05) is 19.3 Å². The van der Waals surface area contributed by atoms with Crippen molar-refractivity contribution in [1.82, 2.24) is 5.32 Å². The topological polar surface area (TPSA) is 55.4 Å². The molecule has 18 heavy (non-hydrogen) atoms. The highest BCUT2D eigenvalue weighted by molar-refractivity contribution is 7.90. The minimum atomic E-state index is -2.96. The van der Waals surface area contributed by atoms with E-state index >= 15 is 0 Å². The van der Waals surface area contributed by atoms with Gasteiger partial charge in [-0.1, -0.05) is 17.7 Å². The molecule has 0 heterocycles. The lowest BCUT2D eigenvalue weighted by molar-refractivity contribution is 0.300. The molecule has 0 bridgehead atoms. The number of rotatable bonds is 7. The Bertz CT molecular complexity index is 473. The molecule has 0 saturated carbocycles. The van der Waals surface area contributed by atoms with Crippen molar-refractivity contribution in [3.8, 4) is 5.75 Å². The maximum absolute atomic E-state index is 13.3. The Morgan fingerprint density at radius 2 is 2.11 bits per heavy atom. The number of sulfone groups is 1. The zero-order chi connectivity index (χ0) is 13.6. The van der Waals surface area contributed by atoms with Crippen LogP contribution in [0, 0.1) is 5.82 Å². The third-order valence-electron chi connectivity index (χ3n) is 2.09. The first kappa shape index (κ1) is 15.2. The highest BCUT2D eigenvalue weighted by atomic mass is 35.5. The molecule has 1 rings (SSSR count). The van der Waals surface area contributed by atoms with Crippen LogP contribution in [-0.2, 0) is 9.84 Å². The molecule has 0 atom stereocenters. The standard InChI is InChI=1S/C11H15ClFNO3S/c1-18(15,16)8-6-14-5-7-17-11-9(12)3-2-4-10(11)13/h2-4,14H,5-8H2,1H3. The van der Waals surface area contributed by atoms with Gasteiger partial charge in [-0.15, -0.1) is 0 Å². The van der Waals surface area contributed by atoms with Crippen LogP contribution in [0.3, 0.4) is 0 Å². The first-order chi connectivity index (χ1) is 8.40. The molecular weight excluding hydrogens is 281 g/mol. The van der Waals surface area contributed by atoms with Crippen molar-refractivity contribution in [2.24, 2.45) is 0 Å². The number of ether oxygens (including phenoxy) is 1. The summed E-state index contributed by atoms with van der Waals surface area (Å²) in [6, 6.07) is 4.30. The summed E-state index contributed by atoms with van der Waals surface area (Å²) in [6.07, 6.45) is 1.17. The first-order valence-electron chi connectivity index (χ1n) is 5.35. The predicted octanol–water partition coefficient (Wildman–Crippen LogP) is 1.49. The van der Waals surface area contributed by atoms with Crippen molar-refractivity contribution in [2.45, 2.75) is 0 Å². The van der Waals surface area contributed by atoms with Crippen LogP contribution in [0.25, 0.3) is 0 Å². The van der Waals surface area contributed by atoms with Crippen molar-refractivity contribution in [3.63, 3.8) is 0 Å². The molecule has 0 radical (unpaired) electrons. The molecule has 0 fully saturated rings. The molecule has 102 valence electrons. The van der Waals surface area contributed by atoms with Gasteiger partial charge in [0.05, 0.1) is 10.8 Å². The van der Waals surface area contributed by atoms with Crippen LogP contribution in [0.15, 0.2) is 18.2 Å². The van der Waals surface area contributed by atoms with E-state index in [-0.39, 0.29) is 23.1 Å². The smallest absolute Gasteiger partial charge is 0.173 e. The van der Waals surface area contributed by atoms with Gasteiger partial charge in [-0.05, 0) is 12.1 Å². The van der Waals surface area contributed by atoms with Crippen molar-refractivity contribution in [2.75, 3.05) is 31.7 Å². The normalized spacial score (nSPS) is 11.5. The van der Waals surface area contributed by atoms with E-state index < -0.39 is 15.7 Å². The van der Waals surface area contributed by atoms with Crippen LogP contribution in [0.5, 0.6) is 5.75 Å². The van der Waals surface area contributed by atoms with Crippen molar-refractivity contribution >= 4 is 21.4 Å². The monoisotopic (exact) mass is 295 g/mol. The van der Waals surface area contributed by atoms with E-state index in [0.717, 1.165) is 0 Å². The molecule has 0 unspecified atom stereocenters. The van der Waals surface area contributed by atoms with E-state index in [1.54, 1.807) is 0 Å². The first-order valence-corrected chi connectivity index (χ1v) is 7.79. The average molecular weight is 296 g/mol. The average Bonchev–Trinajstić information content (AvgIpc) is 2.25. The van der Waals surface area contributed by atoms with E-state index in [1.165, 1.54) is 24.5 Å². The third-order valence-corrected chi connectivity index (χ3v) is 3.34. The quantitative estimate of drug-likeness (QED) is 0.775. The van der Waals surface area contributed by atoms with Crippen LogP contribution in [0.2, 0.25) is 5.02 Å². The van der Waals surface area contributed by atoms with E-state index in [0.29, 0.717) is 13.1 Å². The van der Waals surface area contributed by atoms with Gasteiger partial charge < -0.3 is 10.1 Å². The van der Waals surface area contributed by atoms with Crippen LogP contribution < -0.4 is 10.1 Å². The Labute approximate surface area is 111 Å². The highest BCUT2D eigenvalue weighted by Crippen LogP contribution is 2.26. The summed E-state index contributed by atoms with van der Waals surface area (Å²) in [5.74, 6) is -0.435. The zero-order valence-corrected chi connectivity index (χ0v) is 11.5. The Morgan fingerprint density at radius 3 is 2.72 bits per heavy atom. The molecule has 1 aromatic carbocycles. The van der Waals surface area contributed by atoms with Gasteiger partial charge in [-0.2, -0.15) is 0 Å². The summed E-state index contributed by atoms with van der Waals surface area (Å²) in [5.41, 5.74) is 0. The van der Waals surface area contributed by atoms with Crippen LogP contribution in [-0.4, -0.2) is 40.1 Å². The molecule has 0 saturated heterocycles. The molecule has 4 nitrogen and oxygen atoms in total. The van der Waals surface area contributed by atoms with Crippen LogP contribution in [0.1, 0.15) is 0 Å². The molecule has 0 aromatic heterocycles. The molecule has 0 aliphatic rings. The van der Waals surface area contributed by atoms with Gasteiger partial charge in [0.2, 0.25) is 0 Å². The fraction of sp³-hybridized carbons (Fsp3) is 0.455. The van der Waals surface area contributed by atoms with Crippen LogP contribution >= 0.6 is 11.6 Å². The highest BCUT2D eigenvalue weighted by Gasteiger charge is 2.07. The molecule has 0 spiro atoms. The SMILES string of the molecule is CS(=O)(=O)CCNCCOc1c(F)cccc1Cl. The fourth-order valence-electron chi connectivity index (χ4n) is 1.23. The Morgan fingerprint density at radius 1 is 1.39 bits per heavy atom. The lowest BCUT2D eigenvalue weighted by Gasteiger charge is -2.09. The maximum atomic E-state index is 13.3. The van der Waals surface area contributed by atoms with E-state index in [1.807, 2.05) is 0 Å². The van der Waals surface area contributed by atoms with E-state index in [9.17, 15) is 12.8 Å². The molecule has 1 aromatic rings. The second-order valence-corrected chi connectivity index (χ2v) is 6.45. The van der Waals surface area contributed by atoms with Gasteiger partial charge in [0.25, 0.3) is 0 Å². The second kappa shape index (κ2) is 6.92. The summed E-state index contributed by atoms with van der Waals surface area (Å²) in [7, 11) is -2.96. The Kier molecular flexibility index (Phi) is 5.84. The van der Waals surface area contributed by atoms with E-state index in [2.05, 4.69) is 5.32 Å². The molecule has 1 N–H and O–H groups in total. The molecular formula is C11H15ClFNO3S. The van der Waals surface area contributed by atoms with Gasteiger partial charge in [0.15, 0.2) is 11.6 Å². The molecule has 0 aliphatic carbocycles. The van der Waals surface area contributed by atoms with Gasteiger partial charge in [0.1, 0.15) is 16.4 Å². The summed E-state index contributed by atoms with van der Waals surface area (Å²) in [4.78, 5) is 0. The largest absolute Gasteiger partial charge is 0.488 e. The lowest BCUT2D eigenvalue weighted by Crippen LogP contribution is -2.26. The lowest BCUT2D eigenvalue weighted by atomic mass is 10.3. The van der Waals surface area contributed by atoms with Gasteiger partial charge >= 0.3 is 0 Å². The van der Waals surface area contributed by atoms with E-state index in [4.69, 9.17) is 16.3 Å². The van der Waals surface area contributed by atoms with Crippen molar-refractivity contribution in [3.05, 3.63) is 29.0 Å². The number of halogens is 2. The van der Waals surface area contributed by atoms with Gasteiger partial charge in [-0.25, -0.2) is 12.8 Å². The second-order valence-electron chi connectivity index (χ2n) is 3.78. The molecule has 0 aliphatic heterocycles. The minimum Gasteiger partial charge on any atom is -0.488 e. The number of hydrogen-bond donors (Lipinski definition) is 1. The summed E-state index contributed by atoms with van der Waals surface area (Å²) in [6.45, 7) is 0.970. The van der Waals surface area contributed by atoms with Gasteiger partial charge in [-0.3, -0.25) is 0 Å². The minimum absolute atomic E-state index is 0.0177.